The summed E-state index contributed by atoms with van der Waals surface area (Å²) in [6.45, 7) is 23.7. The molecule has 0 saturated heterocycles. The SMILES string of the molecule is CCCCCCCCOC(=O)/C(C#N)=C/c1ccc(-c2cc(CCCCCCCC)c(-c3cc(CCCCCCCC)c(-c4cc5c(-c6ccc(CC(CC)CCCC)s6)c6oc(-c7sc(-c8sc(-c9ccc(/C=C(\C#N)C(=O)OCCCCCCCC)s9)cc8CCCCCCCC)cc7CCCCCCCC)cc6c(-c6ccc(CC(CC)CCCC)s6)c5o4)s3)s2)s1. The molecule has 0 aliphatic rings. The van der Waals surface area contributed by atoms with Gasteiger partial charge in [-0.05, 0) is 208 Å². The number of hydrogen-bond acceptors (Lipinski definition) is 16. The van der Waals surface area contributed by atoms with Crippen molar-refractivity contribution in [3.63, 3.8) is 0 Å². The van der Waals surface area contributed by atoms with Crippen molar-refractivity contribution in [3.05, 3.63) is 138 Å². The number of thiophene rings is 8. The average Bonchev–Trinajstić information content (AvgIpc) is 1.55. The molecular weight excluding hydrogens is 1750 g/mol. The lowest BCUT2D eigenvalue weighted by Crippen LogP contribution is -2.07. The molecule has 0 amide bonds. The highest BCUT2D eigenvalue weighted by Crippen LogP contribution is 2.56. The molecule has 16 heteroatoms. The number of ether oxygens (including phenoxy) is 2. The van der Waals surface area contributed by atoms with Gasteiger partial charge in [-0.1, -0.05) is 313 Å². The van der Waals surface area contributed by atoms with Crippen LogP contribution in [-0.4, -0.2) is 25.2 Å². The van der Waals surface area contributed by atoms with Gasteiger partial charge < -0.3 is 18.3 Å². The van der Waals surface area contributed by atoms with E-state index in [9.17, 15) is 20.1 Å². The summed E-state index contributed by atoms with van der Waals surface area (Å²) < 4.78 is 27.5. The molecule has 8 nitrogen and oxygen atoms in total. The van der Waals surface area contributed by atoms with E-state index in [-0.39, 0.29) is 11.1 Å². The highest BCUT2D eigenvalue weighted by molar-refractivity contribution is 7.28. The second kappa shape index (κ2) is 57.2. The number of rotatable bonds is 66. The van der Waals surface area contributed by atoms with E-state index in [0.29, 0.717) is 25.0 Å². The lowest BCUT2D eigenvalue weighted by Gasteiger charge is -2.13. The molecule has 10 aromatic heterocycles. The molecule has 0 N–H and O–H groups in total. The number of carbonyl (C=O) groups is 2. The molecule has 0 spiro atoms. The van der Waals surface area contributed by atoms with Crippen LogP contribution in [0.3, 0.4) is 0 Å². The van der Waals surface area contributed by atoms with Gasteiger partial charge in [0.05, 0.1) is 23.0 Å². The summed E-state index contributed by atoms with van der Waals surface area (Å²) in [6, 6.07) is 37.5. The van der Waals surface area contributed by atoms with Crippen LogP contribution in [0.2, 0.25) is 0 Å². The van der Waals surface area contributed by atoms with Gasteiger partial charge in [0, 0.05) is 90.2 Å². The van der Waals surface area contributed by atoms with E-state index >= 15 is 0 Å². The molecular formula is C114H152N2O6S8. The van der Waals surface area contributed by atoms with Gasteiger partial charge in [0.2, 0.25) is 0 Å². The Morgan fingerprint density at radius 1 is 0.323 bits per heavy atom. The van der Waals surface area contributed by atoms with Crippen LogP contribution in [0.5, 0.6) is 0 Å². The van der Waals surface area contributed by atoms with Crippen LogP contribution in [0.25, 0.3) is 115 Å². The number of aryl methyl sites for hydroxylation is 4. The van der Waals surface area contributed by atoms with Crippen molar-refractivity contribution in [2.24, 2.45) is 11.8 Å². The van der Waals surface area contributed by atoms with Crippen molar-refractivity contribution in [2.45, 2.75) is 390 Å². The molecule has 0 saturated carbocycles. The van der Waals surface area contributed by atoms with Crippen molar-refractivity contribution in [3.8, 4) is 93.3 Å². The van der Waals surface area contributed by atoms with E-state index in [4.69, 9.17) is 18.3 Å². The molecule has 0 radical (unpaired) electrons. The summed E-state index contributed by atoms with van der Waals surface area (Å²) in [5, 5.41) is 22.9. The number of nitriles is 2. The summed E-state index contributed by atoms with van der Waals surface area (Å²) in [6.07, 6.45) is 61.4. The predicted molar refractivity (Wildman–Crippen MR) is 571 cm³/mol. The first-order chi connectivity index (χ1) is 63.8. The summed E-state index contributed by atoms with van der Waals surface area (Å²) in [5.74, 6) is 1.98. The van der Waals surface area contributed by atoms with Gasteiger partial charge in [0.1, 0.15) is 46.0 Å². The molecule has 702 valence electrons. The average molecular weight is 1900 g/mol. The minimum atomic E-state index is -0.544. The highest BCUT2D eigenvalue weighted by Gasteiger charge is 2.31. The third kappa shape index (κ3) is 30.7. The first-order valence-electron chi connectivity index (χ1n) is 51.3. The second-order valence-corrected chi connectivity index (χ2v) is 45.5. The molecule has 0 aliphatic heterocycles. The highest BCUT2D eigenvalue weighted by atomic mass is 32.1. The van der Waals surface area contributed by atoms with Crippen molar-refractivity contribution in [1.82, 2.24) is 0 Å². The number of nitrogens with zero attached hydrogens (tertiary/aromatic N) is 2. The van der Waals surface area contributed by atoms with Gasteiger partial charge in [0.25, 0.3) is 0 Å². The molecule has 130 heavy (non-hydrogen) atoms. The molecule has 0 bridgehead atoms. The standard InChI is InChI=1S/C114H152N2O6S8/c1-11-21-29-35-41-47-55-83-75-103(111-85(57-49-43-37-31-23-13-3)73-101(127-111)97-63-59-91(123-97)71-87(79-115)113(117)119-67-51-45-39-33-25-15-5)129-109(83)95-77-93-105(99-65-61-89(125-99)69-81(19-9)53-27-17-7)108-94(106(107(93)121-95)100-66-62-90(126-100)70-82(20-10)54-28-18-8)78-96(122-108)110-84(56-48-42-36-30-22-12-2)76-104(130-110)112-86(58-50-44-38-32-24-14-4)74-102(128-112)98-64-60-92(124-98)72-88(80-116)114(118)120-68-52-46-40-34-26-16-6/h59-66,71-78,81-82H,11-58,67-70H2,1-10H3/b87-71+,88-72+. The van der Waals surface area contributed by atoms with E-state index in [0.717, 1.165) is 180 Å². The quantitative estimate of drug-likeness (QED) is 0.0160. The fourth-order valence-electron chi connectivity index (χ4n) is 18.3. The zero-order chi connectivity index (χ0) is 91.6. The number of unbranched alkanes of at least 4 members (excludes halogenated alkanes) is 32. The van der Waals surface area contributed by atoms with Gasteiger partial charge in [0.15, 0.2) is 0 Å². The number of carbonyl (C=O) groups excluding carboxylic acids is 2. The van der Waals surface area contributed by atoms with Crippen LogP contribution in [0.1, 0.15) is 394 Å². The van der Waals surface area contributed by atoms with Crippen molar-refractivity contribution in [1.29, 1.82) is 10.5 Å². The number of furan rings is 2. The minimum absolute atomic E-state index is 0.0423. The predicted octanol–water partition coefficient (Wildman–Crippen LogP) is 39.8. The van der Waals surface area contributed by atoms with Crippen LogP contribution < -0.4 is 0 Å². The molecule has 0 fully saturated rings. The maximum atomic E-state index is 13.4. The summed E-state index contributed by atoms with van der Waals surface area (Å²) >= 11 is 14.8. The maximum absolute atomic E-state index is 13.4. The van der Waals surface area contributed by atoms with Gasteiger partial charge in [-0.3, -0.25) is 0 Å². The van der Waals surface area contributed by atoms with Crippen LogP contribution in [-0.2, 0) is 57.6 Å². The minimum Gasteiger partial charge on any atom is -0.462 e. The Kier molecular flexibility index (Phi) is 45.7. The van der Waals surface area contributed by atoms with E-state index < -0.39 is 11.9 Å². The molecule has 11 rings (SSSR count). The van der Waals surface area contributed by atoms with E-state index in [1.165, 1.54) is 286 Å². The normalized spacial score (nSPS) is 12.5. The molecule has 1 aromatic carbocycles. The Labute approximate surface area is 814 Å². The van der Waals surface area contributed by atoms with E-state index in [1.54, 1.807) is 34.8 Å². The number of fused-ring (bicyclic) bond motifs is 2. The van der Waals surface area contributed by atoms with Gasteiger partial charge in [-0.15, -0.1) is 90.7 Å². The van der Waals surface area contributed by atoms with Gasteiger partial charge in [-0.25, -0.2) is 9.59 Å². The number of benzene rings is 1. The van der Waals surface area contributed by atoms with Crippen LogP contribution in [0.15, 0.2) is 105 Å². The fourth-order valence-corrected chi connectivity index (χ4v) is 27.7. The third-order valence-corrected chi connectivity index (χ3v) is 35.9. The van der Waals surface area contributed by atoms with E-state index in [2.05, 4.69) is 166 Å². The largest absolute Gasteiger partial charge is 0.462 e. The maximum Gasteiger partial charge on any atom is 0.348 e. The summed E-state index contributed by atoms with van der Waals surface area (Å²) in [4.78, 5) is 46.2. The Hall–Kier alpha value is -6.70. The topological polar surface area (TPSA) is 126 Å². The van der Waals surface area contributed by atoms with Gasteiger partial charge in [-0.2, -0.15) is 10.5 Å². The van der Waals surface area contributed by atoms with E-state index in [1.807, 2.05) is 68.0 Å². The third-order valence-electron chi connectivity index (χ3n) is 26.1. The fraction of sp³-hybridized carbons (Fsp3) is 0.561. The first-order valence-corrected chi connectivity index (χ1v) is 57.9. The van der Waals surface area contributed by atoms with Crippen LogP contribution in [0, 0.1) is 34.5 Å². The first kappa shape index (κ1) is 104. The van der Waals surface area contributed by atoms with Crippen LogP contribution >= 0.6 is 90.7 Å². The zero-order valence-corrected chi connectivity index (χ0v) is 87.3. The molecule has 2 atom stereocenters. The van der Waals surface area contributed by atoms with Gasteiger partial charge >= 0.3 is 11.9 Å². The zero-order valence-electron chi connectivity index (χ0n) is 80.8. The van der Waals surface area contributed by atoms with Crippen molar-refractivity contribution < 1.29 is 27.9 Å². The summed E-state index contributed by atoms with van der Waals surface area (Å²) in [7, 11) is 0. The Morgan fingerprint density at radius 3 is 0.954 bits per heavy atom. The smallest absolute Gasteiger partial charge is 0.348 e. The van der Waals surface area contributed by atoms with Crippen LogP contribution in [0.4, 0.5) is 0 Å². The van der Waals surface area contributed by atoms with Crippen molar-refractivity contribution >= 4 is 137 Å². The monoisotopic (exact) mass is 1900 g/mol. The Balaban J connectivity index is 1.08. The molecule has 0 aliphatic carbocycles. The summed E-state index contributed by atoms with van der Waals surface area (Å²) in [5.41, 5.74) is 9.68. The molecule has 11 aromatic rings. The molecule has 10 heterocycles. The lowest BCUT2D eigenvalue weighted by molar-refractivity contribution is -0.139. The second-order valence-electron chi connectivity index (χ2n) is 36.7. The molecule has 2 unspecified atom stereocenters. The Morgan fingerprint density at radius 2 is 0.623 bits per heavy atom. The lowest BCUT2D eigenvalue weighted by atomic mass is 9.95. The Bertz CT molecular complexity index is 4970. The number of hydrogen-bond donors (Lipinski definition) is 0. The number of esters is 2. The van der Waals surface area contributed by atoms with Crippen molar-refractivity contribution in [2.75, 3.05) is 13.2 Å².